The summed E-state index contributed by atoms with van der Waals surface area (Å²) in [6.07, 6.45) is 3.38. The molecule has 4 heterocycles. The molecule has 0 aromatic carbocycles. The molecule has 27 heavy (non-hydrogen) atoms. The van der Waals surface area contributed by atoms with Gasteiger partial charge in [-0.15, -0.1) is 0 Å². The van der Waals surface area contributed by atoms with Crippen molar-refractivity contribution in [2.75, 3.05) is 48.0 Å². The van der Waals surface area contributed by atoms with E-state index in [0.29, 0.717) is 6.04 Å². The van der Waals surface area contributed by atoms with Gasteiger partial charge < -0.3 is 19.9 Å². The number of nitrogens with zero attached hydrogens (tertiary/aromatic N) is 5. The van der Waals surface area contributed by atoms with Gasteiger partial charge >= 0.3 is 0 Å². The highest BCUT2D eigenvalue weighted by molar-refractivity contribution is 5.56. The first kappa shape index (κ1) is 16.7. The molecule has 7 heteroatoms. The molecule has 3 aliphatic rings. The van der Waals surface area contributed by atoms with E-state index in [0.717, 1.165) is 69.1 Å². The minimum Gasteiger partial charge on any atom is -0.378 e. The molecule has 1 saturated heterocycles. The zero-order valence-corrected chi connectivity index (χ0v) is 15.8. The van der Waals surface area contributed by atoms with Crippen molar-refractivity contribution in [1.82, 2.24) is 15.0 Å². The Morgan fingerprint density at radius 1 is 1.04 bits per heavy atom. The number of pyridine rings is 1. The molecule has 5 rings (SSSR count). The number of nitrogens with one attached hydrogen (secondary N) is 1. The first-order valence-electron chi connectivity index (χ1n) is 9.94. The quantitative estimate of drug-likeness (QED) is 0.889. The molecule has 0 amide bonds. The van der Waals surface area contributed by atoms with E-state index in [1.54, 1.807) is 0 Å². The molecule has 2 aromatic heterocycles. The van der Waals surface area contributed by atoms with Crippen LogP contribution in [0.1, 0.15) is 29.8 Å². The fraction of sp³-hybridized carbons (Fsp3) is 0.550. The van der Waals surface area contributed by atoms with Crippen LogP contribution in [0, 0.1) is 6.92 Å². The van der Waals surface area contributed by atoms with Crippen LogP contribution in [0.2, 0.25) is 0 Å². The number of rotatable bonds is 4. The molecule has 2 fully saturated rings. The average molecular weight is 366 g/mol. The van der Waals surface area contributed by atoms with Crippen LogP contribution >= 0.6 is 0 Å². The molecule has 2 aromatic rings. The topological polar surface area (TPSA) is 66.4 Å². The molecular formula is C20H26N6O. The summed E-state index contributed by atoms with van der Waals surface area (Å²) < 4.78 is 5.48. The van der Waals surface area contributed by atoms with Crippen molar-refractivity contribution in [3.05, 3.63) is 35.2 Å². The van der Waals surface area contributed by atoms with E-state index in [9.17, 15) is 0 Å². The van der Waals surface area contributed by atoms with Gasteiger partial charge in [0.15, 0.2) is 0 Å². The largest absolute Gasteiger partial charge is 0.378 e. The van der Waals surface area contributed by atoms with Crippen molar-refractivity contribution < 1.29 is 4.74 Å². The summed E-state index contributed by atoms with van der Waals surface area (Å²) in [6.45, 7) is 7.01. The smallest absolute Gasteiger partial charge is 0.227 e. The van der Waals surface area contributed by atoms with Gasteiger partial charge in [0, 0.05) is 49.9 Å². The molecule has 0 bridgehead atoms. The molecule has 0 atom stereocenters. The maximum absolute atomic E-state index is 5.48. The van der Waals surface area contributed by atoms with Crippen molar-refractivity contribution in [2.24, 2.45) is 0 Å². The Hall–Kier alpha value is -2.41. The lowest BCUT2D eigenvalue weighted by molar-refractivity contribution is 0.122. The number of morpholine rings is 1. The molecule has 2 aliphatic heterocycles. The summed E-state index contributed by atoms with van der Waals surface area (Å²) in [5.41, 5.74) is 3.46. The highest BCUT2D eigenvalue weighted by Crippen LogP contribution is 2.32. The molecular weight excluding hydrogens is 340 g/mol. The molecule has 1 saturated carbocycles. The van der Waals surface area contributed by atoms with Crippen LogP contribution in [-0.4, -0.2) is 53.8 Å². The van der Waals surface area contributed by atoms with Crippen molar-refractivity contribution in [1.29, 1.82) is 0 Å². The van der Waals surface area contributed by atoms with Crippen molar-refractivity contribution >= 4 is 17.6 Å². The van der Waals surface area contributed by atoms with Crippen LogP contribution in [-0.2, 0) is 17.7 Å². The SMILES string of the molecule is Cc1cccc(N2CCc3nc(N4CCOCC4)nc(NC4CC4)c3C2)n1. The Balaban J connectivity index is 1.47. The maximum atomic E-state index is 5.48. The van der Waals surface area contributed by atoms with E-state index in [2.05, 4.69) is 27.2 Å². The summed E-state index contributed by atoms with van der Waals surface area (Å²) >= 11 is 0. The van der Waals surface area contributed by atoms with Crippen LogP contribution in [0.15, 0.2) is 18.2 Å². The maximum Gasteiger partial charge on any atom is 0.227 e. The van der Waals surface area contributed by atoms with Gasteiger partial charge in [0.25, 0.3) is 0 Å². The fourth-order valence-electron chi connectivity index (χ4n) is 3.75. The van der Waals surface area contributed by atoms with Crippen LogP contribution < -0.4 is 15.1 Å². The number of ether oxygens (including phenoxy) is 1. The average Bonchev–Trinajstić information content (AvgIpc) is 3.52. The second kappa shape index (κ2) is 6.96. The number of aryl methyl sites for hydroxylation is 1. The minimum absolute atomic E-state index is 0.564. The van der Waals surface area contributed by atoms with Gasteiger partial charge in [-0.3, -0.25) is 0 Å². The summed E-state index contributed by atoms with van der Waals surface area (Å²) in [4.78, 5) is 19.2. The number of hydrogen-bond donors (Lipinski definition) is 1. The van der Waals surface area contributed by atoms with E-state index in [-0.39, 0.29) is 0 Å². The van der Waals surface area contributed by atoms with Gasteiger partial charge in [-0.25, -0.2) is 9.97 Å². The third-order valence-corrected chi connectivity index (χ3v) is 5.46. The Labute approximate surface area is 159 Å². The van der Waals surface area contributed by atoms with Crippen molar-refractivity contribution in [3.63, 3.8) is 0 Å². The zero-order valence-electron chi connectivity index (χ0n) is 15.8. The second-order valence-electron chi connectivity index (χ2n) is 7.62. The van der Waals surface area contributed by atoms with Gasteiger partial charge in [0.05, 0.1) is 18.9 Å². The number of aromatic nitrogens is 3. The van der Waals surface area contributed by atoms with Crippen LogP contribution in [0.25, 0.3) is 0 Å². The summed E-state index contributed by atoms with van der Waals surface area (Å²) in [6, 6.07) is 6.77. The lowest BCUT2D eigenvalue weighted by atomic mass is 10.1. The third-order valence-electron chi connectivity index (χ3n) is 5.46. The van der Waals surface area contributed by atoms with E-state index in [1.165, 1.54) is 24.1 Å². The lowest BCUT2D eigenvalue weighted by Crippen LogP contribution is -2.39. The zero-order chi connectivity index (χ0) is 18.2. The van der Waals surface area contributed by atoms with E-state index in [4.69, 9.17) is 19.7 Å². The summed E-state index contributed by atoms with van der Waals surface area (Å²) in [7, 11) is 0. The highest BCUT2D eigenvalue weighted by Gasteiger charge is 2.29. The van der Waals surface area contributed by atoms with E-state index >= 15 is 0 Å². The van der Waals surface area contributed by atoms with Gasteiger partial charge in [-0.2, -0.15) is 4.98 Å². The fourth-order valence-corrected chi connectivity index (χ4v) is 3.75. The minimum atomic E-state index is 0.564. The van der Waals surface area contributed by atoms with Crippen molar-refractivity contribution in [3.8, 4) is 0 Å². The van der Waals surface area contributed by atoms with Crippen LogP contribution in [0.3, 0.4) is 0 Å². The monoisotopic (exact) mass is 366 g/mol. The van der Waals surface area contributed by atoms with Crippen LogP contribution in [0.4, 0.5) is 17.6 Å². The van der Waals surface area contributed by atoms with Gasteiger partial charge in [0.2, 0.25) is 5.95 Å². The van der Waals surface area contributed by atoms with Gasteiger partial charge in [-0.1, -0.05) is 6.07 Å². The Morgan fingerprint density at radius 2 is 1.89 bits per heavy atom. The summed E-state index contributed by atoms with van der Waals surface area (Å²) in [5.74, 6) is 2.90. The first-order chi connectivity index (χ1) is 13.3. The number of anilines is 3. The van der Waals surface area contributed by atoms with E-state index < -0.39 is 0 Å². The third kappa shape index (κ3) is 3.56. The van der Waals surface area contributed by atoms with E-state index in [1.807, 2.05) is 13.0 Å². The predicted molar refractivity (Wildman–Crippen MR) is 105 cm³/mol. The lowest BCUT2D eigenvalue weighted by Gasteiger charge is -2.33. The Morgan fingerprint density at radius 3 is 2.67 bits per heavy atom. The standard InChI is InChI=1S/C20H26N6O/c1-14-3-2-4-18(21-14)26-8-7-17-16(13-26)19(22-15-5-6-15)24-20(23-17)25-9-11-27-12-10-25/h2-4,15H,5-13H2,1H3,(H,22,23,24). The molecule has 0 unspecified atom stereocenters. The number of hydrogen-bond acceptors (Lipinski definition) is 7. The molecule has 7 nitrogen and oxygen atoms in total. The van der Waals surface area contributed by atoms with Crippen LogP contribution in [0.5, 0.6) is 0 Å². The molecule has 1 N–H and O–H groups in total. The first-order valence-corrected chi connectivity index (χ1v) is 9.94. The molecule has 0 radical (unpaired) electrons. The molecule has 1 aliphatic carbocycles. The highest BCUT2D eigenvalue weighted by atomic mass is 16.5. The van der Waals surface area contributed by atoms with Gasteiger partial charge in [0.1, 0.15) is 11.6 Å². The summed E-state index contributed by atoms with van der Waals surface area (Å²) in [5, 5.41) is 3.65. The number of fused-ring (bicyclic) bond motifs is 1. The predicted octanol–water partition coefficient (Wildman–Crippen LogP) is 2.15. The second-order valence-corrected chi connectivity index (χ2v) is 7.62. The Kier molecular flexibility index (Phi) is 4.32. The Bertz CT molecular complexity index is 831. The van der Waals surface area contributed by atoms with Crippen molar-refractivity contribution in [2.45, 2.75) is 38.8 Å². The van der Waals surface area contributed by atoms with Gasteiger partial charge in [-0.05, 0) is 31.9 Å². The molecule has 142 valence electrons. The molecule has 0 spiro atoms. The normalized spacial score (nSPS) is 19.7.